The van der Waals surface area contributed by atoms with Crippen molar-refractivity contribution in [1.82, 2.24) is 10.6 Å². The molecule has 2 amide bonds. The summed E-state index contributed by atoms with van der Waals surface area (Å²) in [5.74, 6) is -1.12. The van der Waals surface area contributed by atoms with Gasteiger partial charge in [0.25, 0.3) is 5.91 Å². The number of carboxylic acid groups (broad SMARTS) is 1. The van der Waals surface area contributed by atoms with Crippen LogP contribution in [0, 0.1) is 5.92 Å². The number of carboxylic acids is 1. The summed E-state index contributed by atoms with van der Waals surface area (Å²) in [6.45, 7) is 4.02. The van der Waals surface area contributed by atoms with Gasteiger partial charge in [0.2, 0.25) is 5.91 Å². The molecule has 3 N–H and O–H groups in total. The fraction of sp³-hybridized carbons (Fsp3) is 0.438. The van der Waals surface area contributed by atoms with Crippen LogP contribution in [-0.4, -0.2) is 47.0 Å². The number of amides is 2. The topological polar surface area (TPSA) is 95.5 Å². The van der Waals surface area contributed by atoms with Crippen molar-refractivity contribution >= 4 is 41.1 Å². The van der Waals surface area contributed by atoms with Gasteiger partial charge in [-0.15, -0.1) is 11.8 Å². The number of aliphatic carboxylic acids is 1. The third kappa shape index (κ3) is 7.23. The fourth-order valence-corrected chi connectivity index (χ4v) is 2.57. The molecule has 6 nitrogen and oxygen atoms in total. The summed E-state index contributed by atoms with van der Waals surface area (Å²) in [6, 6.07) is 5.74. The first-order valence-corrected chi connectivity index (χ1v) is 8.98. The lowest BCUT2D eigenvalue weighted by atomic mass is 10.0. The molecule has 24 heavy (non-hydrogen) atoms. The highest BCUT2D eigenvalue weighted by atomic mass is 35.5. The molecule has 1 unspecified atom stereocenters. The third-order valence-corrected chi connectivity index (χ3v) is 4.31. The lowest BCUT2D eigenvalue weighted by Gasteiger charge is -2.21. The number of nitrogens with one attached hydrogen (secondary N) is 2. The van der Waals surface area contributed by atoms with Crippen molar-refractivity contribution in [2.24, 2.45) is 5.92 Å². The highest BCUT2D eigenvalue weighted by molar-refractivity contribution is 7.99. The molecule has 0 aliphatic rings. The van der Waals surface area contributed by atoms with Gasteiger partial charge in [-0.1, -0.05) is 25.4 Å². The van der Waals surface area contributed by atoms with E-state index in [4.69, 9.17) is 16.7 Å². The highest BCUT2D eigenvalue weighted by Crippen LogP contribution is 2.10. The average Bonchev–Trinajstić information content (AvgIpc) is 2.51. The summed E-state index contributed by atoms with van der Waals surface area (Å²) in [5, 5.41) is 14.5. The maximum Gasteiger partial charge on any atom is 0.313 e. The smallest absolute Gasteiger partial charge is 0.313 e. The number of benzene rings is 1. The first kappa shape index (κ1) is 20.3. The number of halogens is 1. The predicted molar refractivity (Wildman–Crippen MR) is 95.5 cm³/mol. The Labute approximate surface area is 150 Å². The lowest BCUT2D eigenvalue weighted by molar-refractivity contribution is -0.133. The van der Waals surface area contributed by atoms with Gasteiger partial charge in [-0.3, -0.25) is 14.4 Å². The number of rotatable bonds is 9. The van der Waals surface area contributed by atoms with Crippen molar-refractivity contribution in [2.75, 3.05) is 18.1 Å². The second-order valence-corrected chi connectivity index (χ2v) is 6.98. The Balaban J connectivity index is 2.53. The third-order valence-electron chi connectivity index (χ3n) is 3.11. The lowest BCUT2D eigenvalue weighted by Crippen LogP contribution is -2.50. The molecule has 1 aromatic carbocycles. The predicted octanol–water partition coefficient (Wildman–Crippen LogP) is 2.03. The van der Waals surface area contributed by atoms with Crippen molar-refractivity contribution in [3.8, 4) is 0 Å². The number of carbonyl (C=O) groups excluding carboxylic acids is 2. The second-order valence-electron chi connectivity index (χ2n) is 5.44. The number of thioether (sulfide) groups is 1. The van der Waals surface area contributed by atoms with Gasteiger partial charge in [0.15, 0.2) is 0 Å². The van der Waals surface area contributed by atoms with Gasteiger partial charge in [-0.2, -0.15) is 0 Å². The molecule has 0 radical (unpaired) electrons. The van der Waals surface area contributed by atoms with Crippen LogP contribution in [0.2, 0.25) is 5.02 Å². The van der Waals surface area contributed by atoms with Gasteiger partial charge in [0.05, 0.1) is 5.75 Å². The Morgan fingerprint density at radius 3 is 2.38 bits per heavy atom. The van der Waals surface area contributed by atoms with Gasteiger partial charge in [0, 0.05) is 22.9 Å². The summed E-state index contributed by atoms with van der Waals surface area (Å²) < 4.78 is 0. The van der Waals surface area contributed by atoms with Gasteiger partial charge >= 0.3 is 5.97 Å². The molecule has 0 saturated heterocycles. The zero-order valence-electron chi connectivity index (χ0n) is 13.5. The molecule has 0 aromatic heterocycles. The minimum absolute atomic E-state index is 0.00319. The minimum atomic E-state index is -0.887. The number of hydrogen-bond donors (Lipinski definition) is 3. The van der Waals surface area contributed by atoms with E-state index >= 15 is 0 Å². The highest BCUT2D eigenvalue weighted by Gasteiger charge is 2.24. The van der Waals surface area contributed by atoms with Gasteiger partial charge in [-0.25, -0.2) is 0 Å². The summed E-state index contributed by atoms with van der Waals surface area (Å²) in [7, 11) is 0. The van der Waals surface area contributed by atoms with Crippen molar-refractivity contribution in [3.63, 3.8) is 0 Å². The van der Waals surface area contributed by atoms with E-state index in [1.54, 1.807) is 24.3 Å². The van der Waals surface area contributed by atoms with E-state index in [0.29, 0.717) is 22.9 Å². The minimum Gasteiger partial charge on any atom is -0.481 e. The van der Waals surface area contributed by atoms with E-state index in [1.807, 2.05) is 13.8 Å². The summed E-state index contributed by atoms with van der Waals surface area (Å²) >= 11 is 7.01. The zero-order valence-corrected chi connectivity index (χ0v) is 15.1. The van der Waals surface area contributed by atoms with Crippen molar-refractivity contribution in [2.45, 2.75) is 19.9 Å². The van der Waals surface area contributed by atoms with Crippen LogP contribution in [0.3, 0.4) is 0 Å². The SMILES string of the molecule is CC(C)C(NC(=O)c1ccc(Cl)cc1)C(=O)NCCSCC(=O)O. The van der Waals surface area contributed by atoms with E-state index < -0.39 is 12.0 Å². The van der Waals surface area contributed by atoms with E-state index in [1.165, 1.54) is 11.8 Å². The summed E-state index contributed by atoms with van der Waals surface area (Å²) in [5.41, 5.74) is 0.426. The molecular weight excluding hydrogens is 352 g/mol. The Kier molecular flexibility index (Phi) is 8.63. The monoisotopic (exact) mass is 372 g/mol. The van der Waals surface area contributed by atoms with Gasteiger partial charge < -0.3 is 15.7 Å². The van der Waals surface area contributed by atoms with Crippen LogP contribution in [0.25, 0.3) is 0 Å². The molecule has 0 fully saturated rings. The van der Waals surface area contributed by atoms with Gasteiger partial charge in [-0.05, 0) is 30.2 Å². The van der Waals surface area contributed by atoms with Crippen molar-refractivity contribution in [1.29, 1.82) is 0 Å². The second kappa shape index (κ2) is 10.2. The van der Waals surface area contributed by atoms with Crippen LogP contribution in [0.5, 0.6) is 0 Å². The molecular formula is C16H21ClN2O4S. The molecule has 132 valence electrons. The first-order valence-electron chi connectivity index (χ1n) is 7.45. The van der Waals surface area contributed by atoms with Crippen LogP contribution in [-0.2, 0) is 9.59 Å². The van der Waals surface area contributed by atoms with Crippen LogP contribution in [0.1, 0.15) is 24.2 Å². The van der Waals surface area contributed by atoms with Crippen LogP contribution >= 0.6 is 23.4 Å². The fourth-order valence-electron chi connectivity index (χ4n) is 1.88. The Morgan fingerprint density at radius 1 is 1.21 bits per heavy atom. The standard InChI is InChI=1S/C16H21ClN2O4S/c1-10(2)14(16(23)18-7-8-24-9-13(20)21)19-15(22)11-3-5-12(17)6-4-11/h3-6,10,14H,7-9H2,1-2H3,(H,18,23)(H,19,22)(H,20,21). The Bertz CT molecular complexity index is 578. The molecule has 1 aromatic rings. The molecule has 0 heterocycles. The van der Waals surface area contributed by atoms with Crippen LogP contribution in [0.4, 0.5) is 0 Å². The molecule has 0 aliphatic carbocycles. The van der Waals surface area contributed by atoms with E-state index in [-0.39, 0.29) is 23.5 Å². The largest absolute Gasteiger partial charge is 0.481 e. The summed E-state index contributed by atoms with van der Waals surface area (Å²) in [6.07, 6.45) is 0. The van der Waals surface area contributed by atoms with Crippen molar-refractivity contribution < 1.29 is 19.5 Å². The number of hydrogen-bond acceptors (Lipinski definition) is 4. The Hall–Kier alpha value is -1.73. The van der Waals surface area contributed by atoms with Crippen LogP contribution in [0.15, 0.2) is 24.3 Å². The average molecular weight is 373 g/mol. The molecule has 0 saturated carbocycles. The Morgan fingerprint density at radius 2 is 1.83 bits per heavy atom. The molecule has 8 heteroatoms. The van der Waals surface area contributed by atoms with E-state index in [2.05, 4.69) is 10.6 Å². The molecule has 0 aliphatic heterocycles. The zero-order chi connectivity index (χ0) is 18.1. The normalized spacial score (nSPS) is 11.8. The maximum atomic E-state index is 12.2. The quantitative estimate of drug-likeness (QED) is 0.576. The maximum absolute atomic E-state index is 12.2. The molecule has 1 atom stereocenters. The van der Waals surface area contributed by atoms with Crippen molar-refractivity contribution in [3.05, 3.63) is 34.9 Å². The van der Waals surface area contributed by atoms with Gasteiger partial charge in [0.1, 0.15) is 6.04 Å². The van der Waals surface area contributed by atoms with E-state index in [0.717, 1.165) is 0 Å². The summed E-state index contributed by atoms with van der Waals surface area (Å²) in [4.78, 5) is 34.9. The van der Waals surface area contributed by atoms with Crippen LogP contribution < -0.4 is 10.6 Å². The molecule has 0 spiro atoms. The first-order chi connectivity index (χ1) is 11.3. The number of carbonyl (C=O) groups is 3. The molecule has 1 rings (SSSR count). The van der Waals surface area contributed by atoms with E-state index in [9.17, 15) is 14.4 Å². The molecule has 0 bridgehead atoms.